The molecule has 1 heterocycles. The fourth-order valence-corrected chi connectivity index (χ4v) is 2.82. The Balaban J connectivity index is 2.71. The van der Waals surface area contributed by atoms with Crippen LogP contribution in [0, 0.1) is 11.7 Å². The first-order valence-corrected chi connectivity index (χ1v) is 9.23. The molecule has 9 nitrogen and oxygen atoms in total. The van der Waals surface area contributed by atoms with Crippen LogP contribution in [-0.4, -0.2) is 47.0 Å². The average molecular weight is 420 g/mol. The summed E-state index contributed by atoms with van der Waals surface area (Å²) < 4.78 is 25.4. The molecule has 1 aromatic heterocycles. The highest BCUT2D eigenvalue weighted by Crippen LogP contribution is 2.26. The first kappa shape index (κ1) is 22.7. The van der Waals surface area contributed by atoms with Gasteiger partial charge in [-0.15, -0.1) is 0 Å². The van der Waals surface area contributed by atoms with Gasteiger partial charge in [0.25, 0.3) is 0 Å². The van der Waals surface area contributed by atoms with Crippen LogP contribution in [0.25, 0.3) is 10.9 Å². The maximum atomic E-state index is 14.5. The van der Waals surface area contributed by atoms with Crippen molar-refractivity contribution >= 4 is 40.7 Å². The van der Waals surface area contributed by atoms with E-state index in [9.17, 15) is 28.7 Å². The molecule has 160 valence electrons. The third-order valence-electron chi connectivity index (χ3n) is 4.17. The number of hydrogen-bond acceptors (Lipinski definition) is 7. The van der Waals surface area contributed by atoms with Crippen molar-refractivity contribution in [2.45, 2.75) is 27.3 Å². The van der Waals surface area contributed by atoms with Gasteiger partial charge in [-0.25, -0.2) is 9.18 Å². The Bertz CT molecular complexity index is 1060. The molecule has 0 atom stereocenters. The topological polar surface area (TPSA) is 124 Å². The molecule has 0 spiro atoms. The summed E-state index contributed by atoms with van der Waals surface area (Å²) in [4.78, 5) is 52.4. The number of aryl methyl sites for hydroxylation is 1. The Kier molecular flexibility index (Phi) is 7.40. The minimum absolute atomic E-state index is 0.0191. The molecule has 0 aliphatic rings. The summed E-state index contributed by atoms with van der Waals surface area (Å²) in [5.74, 6) is -5.51. The molecule has 0 fully saturated rings. The number of carbonyl (C=O) groups excluding carboxylic acids is 2. The molecule has 1 N–H and O–H groups in total. The molecule has 0 radical (unpaired) electrons. The standard InChI is InChI=1S/C20H21FN2O7/c1-4-23-10-12(18(25)26)17(24)15-14(8-7-13(21)16(15)23)22-9-11(19(27)29-5-2)20(28)30-6-3/h7-11H,4-6H2,1-3H3,(H,25,26). The first-order chi connectivity index (χ1) is 14.3. The maximum Gasteiger partial charge on any atom is 0.341 e. The minimum atomic E-state index is -1.50. The summed E-state index contributed by atoms with van der Waals surface area (Å²) in [7, 11) is 0. The van der Waals surface area contributed by atoms with Gasteiger partial charge in [-0.05, 0) is 32.9 Å². The van der Waals surface area contributed by atoms with Gasteiger partial charge in [0, 0.05) is 19.0 Å². The summed E-state index contributed by atoms with van der Waals surface area (Å²) in [5.41, 5.74) is -1.72. The summed E-state index contributed by atoms with van der Waals surface area (Å²) in [6, 6.07) is 2.22. The number of aromatic carboxylic acids is 1. The summed E-state index contributed by atoms with van der Waals surface area (Å²) in [6.07, 6.45) is 2.00. The van der Waals surface area contributed by atoms with E-state index in [1.807, 2.05) is 0 Å². The van der Waals surface area contributed by atoms with Crippen molar-refractivity contribution < 1.29 is 33.4 Å². The van der Waals surface area contributed by atoms with E-state index >= 15 is 0 Å². The number of aromatic nitrogens is 1. The van der Waals surface area contributed by atoms with Gasteiger partial charge in [0.1, 0.15) is 11.4 Å². The number of hydrogen-bond donors (Lipinski definition) is 1. The van der Waals surface area contributed by atoms with Crippen LogP contribution in [0.4, 0.5) is 10.1 Å². The van der Waals surface area contributed by atoms with E-state index in [-0.39, 0.29) is 36.3 Å². The molecule has 0 unspecified atom stereocenters. The van der Waals surface area contributed by atoms with Crippen LogP contribution in [0.5, 0.6) is 0 Å². The Morgan fingerprint density at radius 3 is 2.27 bits per heavy atom. The number of benzene rings is 1. The van der Waals surface area contributed by atoms with E-state index in [4.69, 9.17) is 9.47 Å². The molecule has 0 amide bonds. The molecule has 30 heavy (non-hydrogen) atoms. The van der Waals surface area contributed by atoms with Crippen LogP contribution in [0.3, 0.4) is 0 Å². The number of fused-ring (bicyclic) bond motifs is 1. The van der Waals surface area contributed by atoms with Gasteiger partial charge in [-0.2, -0.15) is 0 Å². The lowest BCUT2D eigenvalue weighted by molar-refractivity contribution is -0.157. The van der Waals surface area contributed by atoms with Crippen LogP contribution >= 0.6 is 0 Å². The van der Waals surface area contributed by atoms with Crippen molar-refractivity contribution in [2.24, 2.45) is 10.9 Å². The smallest absolute Gasteiger partial charge is 0.341 e. The number of esters is 2. The largest absolute Gasteiger partial charge is 0.477 e. The van der Waals surface area contributed by atoms with E-state index in [0.29, 0.717) is 0 Å². The van der Waals surface area contributed by atoms with Crippen LogP contribution in [0.15, 0.2) is 28.1 Å². The van der Waals surface area contributed by atoms with Crippen LogP contribution in [0.2, 0.25) is 0 Å². The second-order valence-corrected chi connectivity index (χ2v) is 6.01. The molecule has 1 aromatic carbocycles. The highest BCUT2D eigenvalue weighted by atomic mass is 19.1. The number of carboxylic acids is 1. The highest BCUT2D eigenvalue weighted by molar-refractivity contribution is 6.10. The van der Waals surface area contributed by atoms with Crippen LogP contribution < -0.4 is 5.43 Å². The van der Waals surface area contributed by atoms with Gasteiger partial charge in [-0.1, -0.05) is 0 Å². The second-order valence-electron chi connectivity index (χ2n) is 6.01. The number of aliphatic imine (C=N–C) groups is 1. The maximum absolute atomic E-state index is 14.5. The van der Waals surface area contributed by atoms with Gasteiger partial charge in [0.15, 0.2) is 5.92 Å². The first-order valence-electron chi connectivity index (χ1n) is 9.23. The van der Waals surface area contributed by atoms with Gasteiger partial charge >= 0.3 is 17.9 Å². The molecule has 0 aliphatic heterocycles. The third kappa shape index (κ3) is 4.53. The number of nitrogens with zero attached hydrogens (tertiary/aromatic N) is 2. The van der Waals surface area contributed by atoms with Crippen LogP contribution in [0.1, 0.15) is 31.1 Å². The minimum Gasteiger partial charge on any atom is -0.477 e. The normalized spacial score (nSPS) is 11.2. The zero-order valence-corrected chi connectivity index (χ0v) is 16.7. The summed E-state index contributed by atoms with van der Waals surface area (Å²) in [6.45, 7) is 5.01. The Labute approximate surface area is 170 Å². The van der Waals surface area contributed by atoms with Crippen molar-refractivity contribution in [1.82, 2.24) is 4.57 Å². The lowest BCUT2D eigenvalue weighted by Gasteiger charge is -2.13. The van der Waals surface area contributed by atoms with E-state index in [0.717, 1.165) is 24.5 Å². The van der Waals surface area contributed by atoms with Crippen LogP contribution in [-0.2, 0) is 25.6 Å². The molecular weight excluding hydrogens is 399 g/mol. The lowest BCUT2D eigenvalue weighted by atomic mass is 10.1. The van der Waals surface area contributed by atoms with E-state index in [2.05, 4.69) is 4.99 Å². The van der Waals surface area contributed by atoms with Crippen molar-refractivity contribution in [3.05, 3.63) is 39.9 Å². The summed E-state index contributed by atoms with van der Waals surface area (Å²) >= 11 is 0. The number of rotatable bonds is 8. The van der Waals surface area contributed by atoms with Crippen molar-refractivity contribution in [3.8, 4) is 0 Å². The number of carbonyl (C=O) groups is 3. The zero-order chi connectivity index (χ0) is 22.4. The van der Waals surface area contributed by atoms with Gasteiger partial charge in [0.2, 0.25) is 5.43 Å². The van der Waals surface area contributed by atoms with Gasteiger partial charge < -0.3 is 19.1 Å². The Hall–Kier alpha value is -3.56. The number of pyridine rings is 1. The van der Waals surface area contributed by atoms with Crippen molar-refractivity contribution in [1.29, 1.82) is 0 Å². The Morgan fingerprint density at radius 2 is 1.77 bits per heavy atom. The zero-order valence-electron chi connectivity index (χ0n) is 16.7. The second kappa shape index (κ2) is 9.77. The van der Waals surface area contributed by atoms with E-state index in [1.54, 1.807) is 20.8 Å². The fourth-order valence-electron chi connectivity index (χ4n) is 2.82. The third-order valence-corrected chi connectivity index (χ3v) is 4.17. The predicted molar refractivity (Wildman–Crippen MR) is 106 cm³/mol. The molecule has 0 saturated carbocycles. The van der Waals surface area contributed by atoms with E-state index < -0.39 is 40.6 Å². The summed E-state index contributed by atoms with van der Waals surface area (Å²) in [5, 5.41) is 9.04. The average Bonchev–Trinajstić information content (AvgIpc) is 2.70. The van der Waals surface area contributed by atoms with Crippen molar-refractivity contribution in [3.63, 3.8) is 0 Å². The SMILES string of the molecule is CCOC(=O)C(C=Nc1ccc(F)c2c1c(=O)c(C(=O)O)cn2CC)C(=O)OCC. The number of carboxylic acid groups (broad SMARTS) is 1. The molecule has 0 bridgehead atoms. The van der Waals surface area contributed by atoms with Gasteiger partial charge in [0.05, 0.1) is 29.8 Å². The monoisotopic (exact) mass is 420 g/mol. The fraction of sp³-hybridized carbons (Fsp3) is 0.350. The predicted octanol–water partition coefficient (Wildman–Crippen LogP) is 2.30. The molecule has 0 aliphatic carbocycles. The molecule has 2 rings (SSSR count). The van der Waals surface area contributed by atoms with Crippen molar-refractivity contribution in [2.75, 3.05) is 13.2 Å². The molecule has 2 aromatic rings. The van der Waals surface area contributed by atoms with E-state index in [1.165, 1.54) is 4.57 Å². The molecular formula is C20H21FN2O7. The quantitative estimate of drug-likeness (QED) is 0.395. The highest BCUT2D eigenvalue weighted by Gasteiger charge is 2.28. The Morgan fingerprint density at radius 1 is 1.17 bits per heavy atom. The lowest BCUT2D eigenvalue weighted by Crippen LogP contribution is -2.29. The number of ether oxygens (including phenoxy) is 2. The van der Waals surface area contributed by atoms with Gasteiger partial charge in [-0.3, -0.25) is 19.4 Å². The molecule has 10 heteroatoms. The molecule has 0 saturated heterocycles. The number of halogens is 1.